The summed E-state index contributed by atoms with van der Waals surface area (Å²) < 4.78 is 42.7. The predicted octanol–water partition coefficient (Wildman–Crippen LogP) is 3.69. The zero-order valence-corrected chi connectivity index (χ0v) is 12.9. The highest BCUT2D eigenvalue weighted by molar-refractivity contribution is 7.12. The number of aliphatic hydroxyl groups is 1. The van der Waals surface area contributed by atoms with Gasteiger partial charge in [0.25, 0.3) is 5.91 Å². The number of amides is 1. The molecule has 1 heterocycles. The van der Waals surface area contributed by atoms with Gasteiger partial charge in [0, 0.05) is 11.8 Å². The van der Waals surface area contributed by atoms with E-state index in [0.29, 0.717) is 17.5 Å². The fourth-order valence-corrected chi connectivity index (χ4v) is 2.19. The number of benzene rings is 1. The van der Waals surface area contributed by atoms with E-state index in [9.17, 15) is 23.1 Å². The molecule has 0 aliphatic carbocycles. The minimum atomic E-state index is -4.79. The van der Waals surface area contributed by atoms with Gasteiger partial charge in [-0.15, -0.1) is 11.3 Å². The van der Waals surface area contributed by atoms with Gasteiger partial charge in [-0.1, -0.05) is 12.1 Å². The number of halogens is 3. The molecule has 1 unspecified atom stereocenters. The minimum Gasteiger partial charge on any atom is -0.490 e. The number of anilines is 1. The molecule has 0 fully saturated rings. The predicted molar refractivity (Wildman–Crippen MR) is 80.9 cm³/mol. The monoisotopic (exact) mass is 345 g/mol. The third kappa shape index (κ3) is 4.46. The normalized spacial score (nSPS) is 14.1. The van der Waals surface area contributed by atoms with Crippen molar-refractivity contribution < 1.29 is 27.8 Å². The van der Waals surface area contributed by atoms with Crippen LogP contribution in [0, 0.1) is 0 Å². The van der Waals surface area contributed by atoms with Crippen LogP contribution in [0.1, 0.15) is 16.6 Å². The molecule has 0 bridgehead atoms. The van der Waals surface area contributed by atoms with Crippen LogP contribution in [-0.2, 0) is 0 Å². The topological polar surface area (TPSA) is 58.6 Å². The number of hydrogen-bond acceptors (Lipinski definition) is 4. The van der Waals surface area contributed by atoms with Gasteiger partial charge in [0.1, 0.15) is 12.4 Å². The summed E-state index contributed by atoms with van der Waals surface area (Å²) in [5.41, 5.74) is -2.57. The molecule has 0 saturated carbocycles. The Hall–Kier alpha value is -2.06. The summed E-state index contributed by atoms with van der Waals surface area (Å²) >= 11 is 1.27. The number of alkyl halides is 3. The number of carbonyl (C=O) groups excluding carboxylic acids is 1. The Morgan fingerprint density at radius 2 is 2.04 bits per heavy atom. The molecule has 124 valence electrons. The van der Waals surface area contributed by atoms with Crippen molar-refractivity contribution in [2.24, 2.45) is 0 Å². The average molecular weight is 345 g/mol. The second-order valence-corrected chi connectivity index (χ2v) is 5.97. The first-order valence-electron chi connectivity index (χ1n) is 6.56. The molecule has 2 rings (SSSR count). The number of ether oxygens (including phenoxy) is 1. The standard InChI is InChI=1S/C15H14F3NO3S/c1-14(21,15(16,17)18)9-22-11-5-2-4-10(8-11)19-13(20)12-6-3-7-23-12/h2-8,21H,9H2,1H3,(H,19,20). The second kappa shape index (κ2) is 6.59. The number of thiophene rings is 1. The molecule has 0 aliphatic heterocycles. The summed E-state index contributed by atoms with van der Waals surface area (Å²) in [7, 11) is 0. The second-order valence-electron chi connectivity index (χ2n) is 5.02. The van der Waals surface area contributed by atoms with E-state index >= 15 is 0 Å². The van der Waals surface area contributed by atoms with E-state index in [2.05, 4.69) is 5.32 Å². The molecule has 4 nitrogen and oxygen atoms in total. The molecule has 0 spiro atoms. The van der Waals surface area contributed by atoms with Crippen molar-refractivity contribution >= 4 is 22.9 Å². The van der Waals surface area contributed by atoms with Gasteiger partial charge in [0.05, 0.1) is 4.88 Å². The first-order valence-corrected chi connectivity index (χ1v) is 7.44. The highest BCUT2D eigenvalue weighted by Crippen LogP contribution is 2.31. The fourth-order valence-electron chi connectivity index (χ4n) is 1.57. The van der Waals surface area contributed by atoms with Gasteiger partial charge in [-0.25, -0.2) is 0 Å². The smallest absolute Gasteiger partial charge is 0.420 e. The van der Waals surface area contributed by atoms with E-state index in [-0.39, 0.29) is 11.7 Å². The Morgan fingerprint density at radius 3 is 2.65 bits per heavy atom. The lowest BCUT2D eigenvalue weighted by Gasteiger charge is -2.26. The van der Waals surface area contributed by atoms with E-state index in [1.165, 1.54) is 29.5 Å². The molecule has 1 aromatic heterocycles. The van der Waals surface area contributed by atoms with Crippen LogP contribution in [0.5, 0.6) is 5.75 Å². The highest BCUT2D eigenvalue weighted by atomic mass is 32.1. The maximum Gasteiger partial charge on any atom is 0.420 e. The van der Waals surface area contributed by atoms with Crippen LogP contribution in [0.3, 0.4) is 0 Å². The van der Waals surface area contributed by atoms with E-state index in [0.717, 1.165) is 0 Å². The number of hydrogen-bond donors (Lipinski definition) is 2. The molecule has 2 N–H and O–H groups in total. The van der Waals surface area contributed by atoms with Gasteiger partial charge < -0.3 is 15.2 Å². The van der Waals surface area contributed by atoms with Gasteiger partial charge >= 0.3 is 6.18 Å². The van der Waals surface area contributed by atoms with Crippen LogP contribution in [0.2, 0.25) is 0 Å². The molecule has 1 amide bonds. The molecule has 8 heteroatoms. The SMILES string of the molecule is CC(O)(COc1cccc(NC(=O)c2cccs2)c1)C(F)(F)F. The first kappa shape index (κ1) is 17.3. The molecule has 0 aliphatic rings. The molecule has 23 heavy (non-hydrogen) atoms. The van der Waals surface area contributed by atoms with Crippen LogP contribution in [0.15, 0.2) is 41.8 Å². The molecule has 1 aromatic carbocycles. The molecule has 1 atom stereocenters. The van der Waals surface area contributed by atoms with E-state index < -0.39 is 18.4 Å². The summed E-state index contributed by atoms with van der Waals surface area (Å²) in [6.45, 7) is -0.311. The molecular weight excluding hydrogens is 331 g/mol. The van der Waals surface area contributed by atoms with Crippen LogP contribution in [-0.4, -0.2) is 29.4 Å². The fraction of sp³-hybridized carbons (Fsp3) is 0.267. The number of carbonyl (C=O) groups is 1. The maximum absolute atomic E-state index is 12.6. The van der Waals surface area contributed by atoms with E-state index in [1.807, 2.05) is 0 Å². The van der Waals surface area contributed by atoms with Crippen molar-refractivity contribution in [3.8, 4) is 5.75 Å². The zero-order chi connectivity index (χ0) is 17.1. The largest absolute Gasteiger partial charge is 0.490 e. The molecule has 0 radical (unpaired) electrons. The first-order chi connectivity index (χ1) is 10.7. The van der Waals surface area contributed by atoms with Gasteiger partial charge in [-0.05, 0) is 30.5 Å². The lowest BCUT2D eigenvalue weighted by Crippen LogP contribution is -2.47. The molecule has 0 saturated heterocycles. The molecule has 2 aromatic rings. The third-order valence-corrected chi connectivity index (χ3v) is 3.84. The van der Waals surface area contributed by atoms with Gasteiger partial charge in [-0.2, -0.15) is 13.2 Å². The minimum absolute atomic E-state index is 0.110. The van der Waals surface area contributed by atoms with Crippen LogP contribution in [0.4, 0.5) is 18.9 Å². The van der Waals surface area contributed by atoms with Crippen molar-refractivity contribution in [3.63, 3.8) is 0 Å². The van der Waals surface area contributed by atoms with Gasteiger partial charge in [-0.3, -0.25) is 4.79 Å². The van der Waals surface area contributed by atoms with Crippen molar-refractivity contribution in [2.75, 3.05) is 11.9 Å². The van der Waals surface area contributed by atoms with Crippen LogP contribution >= 0.6 is 11.3 Å². The van der Waals surface area contributed by atoms with Crippen molar-refractivity contribution in [2.45, 2.75) is 18.7 Å². The summed E-state index contributed by atoms with van der Waals surface area (Å²) in [4.78, 5) is 12.4. The van der Waals surface area contributed by atoms with Crippen LogP contribution < -0.4 is 10.1 Å². The summed E-state index contributed by atoms with van der Waals surface area (Å²) in [5.74, 6) is -0.210. The van der Waals surface area contributed by atoms with Crippen LogP contribution in [0.25, 0.3) is 0 Å². The zero-order valence-electron chi connectivity index (χ0n) is 12.1. The third-order valence-electron chi connectivity index (χ3n) is 2.97. The van der Waals surface area contributed by atoms with Gasteiger partial charge in [0.2, 0.25) is 0 Å². The Morgan fingerprint density at radius 1 is 1.30 bits per heavy atom. The maximum atomic E-state index is 12.6. The summed E-state index contributed by atoms with van der Waals surface area (Å²) in [6, 6.07) is 9.33. The lowest BCUT2D eigenvalue weighted by atomic mass is 10.1. The average Bonchev–Trinajstić information content (AvgIpc) is 2.99. The van der Waals surface area contributed by atoms with E-state index in [4.69, 9.17) is 4.74 Å². The number of nitrogens with one attached hydrogen (secondary N) is 1. The van der Waals surface area contributed by atoms with Crippen molar-refractivity contribution in [3.05, 3.63) is 46.7 Å². The number of rotatable bonds is 5. The summed E-state index contributed by atoms with van der Waals surface area (Å²) in [5, 5.41) is 13.7. The Labute approximate surface area is 134 Å². The Kier molecular flexibility index (Phi) is 4.96. The lowest BCUT2D eigenvalue weighted by molar-refractivity contribution is -0.260. The molecular formula is C15H14F3NO3S. The summed E-state index contributed by atoms with van der Waals surface area (Å²) in [6.07, 6.45) is -4.79. The highest BCUT2D eigenvalue weighted by Gasteiger charge is 2.50. The van der Waals surface area contributed by atoms with Crippen molar-refractivity contribution in [1.82, 2.24) is 0 Å². The Balaban J connectivity index is 2.01. The van der Waals surface area contributed by atoms with E-state index in [1.54, 1.807) is 23.6 Å². The quantitative estimate of drug-likeness (QED) is 0.869. The van der Waals surface area contributed by atoms with Gasteiger partial charge in [0.15, 0.2) is 5.60 Å². The Bertz CT molecular complexity index is 669. The van der Waals surface area contributed by atoms with Crippen molar-refractivity contribution in [1.29, 1.82) is 0 Å².